The van der Waals surface area contributed by atoms with Gasteiger partial charge in [0.15, 0.2) is 5.65 Å². The van der Waals surface area contributed by atoms with Gasteiger partial charge in [-0.15, -0.1) is 21.5 Å². The Morgan fingerprint density at radius 1 is 1.12 bits per heavy atom. The number of rotatable bonds is 2. The number of amides is 1. The van der Waals surface area contributed by atoms with Crippen molar-refractivity contribution in [2.45, 2.75) is 57.9 Å². The van der Waals surface area contributed by atoms with Crippen molar-refractivity contribution >= 4 is 33.1 Å². The van der Waals surface area contributed by atoms with Crippen LogP contribution in [0.5, 0.6) is 0 Å². The van der Waals surface area contributed by atoms with Gasteiger partial charge in [0.05, 0.1) is 10.3 Å². The van der Waals surface area contributed by atoms with Crippen molar-refractivity contribution in [1.29, 1.82) is 0 Å². The molecule has 0 saturated carbocycles. The predicted octanol–water partition coefficient (Wildman–Crippen LogP) is 3.56. The molecule has 1 fully saturated rings. The largest absolute Gasteiger partial charge is 0.337 e. The molecule has 1 saturated heterocycles. The molecule has 1 unspecified atom stereocenters. The summed E-state index contributed by atoms with van der Waals surface area (Å²) in [6, 6.07) is 5.86. The van der Waals surface area contributed by atoms with Gasteiger partial charge in [0.2, 0.25) is 0 Å². The Morgan fingerprint density at radius 3 is 2.94 bits per heavy atom. The van der Waals surface area contributed by atoms with Gasteiger partial charge in [-0.05, 0) is 50.3 Å². The van der Waals surface area contributed by atoms with Crippen molar-refractivity contribution in [2.24, 2.45) is 0 Å². The average molecular weight is 463 g/mol. The van der Waals surface area contributed by atoms with Crippen LogP contribution in [0, 0.1) is 6.92 Å². The molecule has 6 rings (SSSR count). The number of likely N-dealkylation sites (tertiary alicyclic amines) is 1. The second-order valence-electron chi connectivity index (χ2n) is 9.11. The van der Waals surface area contributed by atoms with E-state index in [1.807, 2.05) is 45.2 Å². The number of pyridine rings is 1. The number of nitrogens with zero attached hydrogens (tertiary/aromatic N) is 6. The lowest BCUT2D eigenvalue weighted by atomic mass is 9.97. The van der Waals surface area contributed by atoms with Crippen LogP contribution in [0.3, 0.4) is 0 Å². The van der Waals surface area contributed by atoms with E-state index in [4.69, 9.17) is 4.98 Å². The molecular formula is C24H26N6O2S. The predicted molar refractivity (Wildman–Crippen MR) is 127 cm³/mol. The lowest BCUT2D eigenvalue weighted by Crippen LogP contribution is -2.39. The summed E-state index contributed by atoms with van der Waals surface area (Å²) >= 11 is 1.37. The first-order valence-corrected chi connectivity index (χ1v) is 12.5. The van der Waals surface area contributed by atoms with E-state index in [0.29, 0.717) is 28.2 Å². The van der Waals surface area contributed by atoms with Crippen molar-refractivity contribution in [1.82, 2.24) is 29.0 Å². The molecule has 8 nitrogen and oxygen atoms in total. The third kappa shape index (κ3) is 3.37. The molecule has 4 aromatic rings. The molecular weight excluding hydrogens is 436 g/mol. The van der Waals surface area contributed by atoms with Gasteiger partial charge in [0, 0.05) is 38.2 Å². The number of thiophene rings is 1. The highest BCUT2D eigenvalue weighted by molar-refractivity contribution is 7.20. The number of aryl methyl sites for hydroxylation is 2. The van der Waals surface area contributed by atoms with Gasteiger partial charge in [-0.3, -0.25) is 18.6 Å². The fraction of sp³-hybridized carbons (Fsp3) is 0.458. The standard InChI is InChI=1S/C24H26N6O2S/c1-15-19-22(25-17-9-3-2-5-13-30(17)23(19)31)33-20(15)24(32)28-11-7-8-16(14-28)21-27-26-18-10-4-6-12-29(18)21/h4,6,10,12,16H,2-3,5,7-9,11,13-14H2,1H3. The van der Waals surface area contributed by atoms with Crippen LogP contribution in [0.1, 0.15) is 64.9 Å². The molecule has 0 N–H and O–H groups in total. The number of carbonyl (C=O) groups excluding carboxylic acids is 1. The van der Waals surface area contributed by atoms with E-state index < -0.39 is 0 Å². The van der Waals surface area contributed by atoms with Gasteiger partial charge in [0.1, 0.15) is 16.5 Å². The molecule has 1 atom stereocenters. The second kappa shape index (κ2) is 8.06. The van der Waals surface area contributed by atoms with Crippen LogP contribution in [-0.2, 0) is 13.0 Å². The summed E-state index contributed by atoms with van der Waals surface area (Å²) in [6.07, 6.45) is 7.87. The highest BCUT2D eigenvalue weighted by Gasteiger charge is 2.31. The molecule has 0 aliphatic carbocycles. The maximum absolute atomic E-state index is 13.6. The zero-order valence-electron chi connectivity index (χ0n) is 18.7. The number of carbonyl (C=O) groups is 1. The van der Waals surface area contributed by atoms with Crippen molar-refractivity contribution in [3.63, 3.8) is 0 Å². The first-order chi connectivity index (χ1) is 16.1. The van der Waals surface area contributed by atoms with E-state index in [9.17, 15) is 9.59 Å². The molecule has 0 aromatic carbocycles. The van der Waals surface area contributed by atoms with E-state index in [1.54, 1.807) is 0 Å². The van der Waals surface area contributed by atoms with Crippen LogP contribution in [0.4, 0.5) is 0 Å². The SMILES string of the molecule is Cc1c(C(=O)N2CCCC(c3nnc4ccccn34)C2)sc2nc3n(c(=O)c12)CCCCC3. The van der Waals surface area contributed by atoms with Gasteiger partial charge >= 0.3 is 0 Å². The van der Waals surface area contributed by atoms with E-state index >= 15 is 0 Å². The van der Waals surface area contributed by atoms with Crippen molar-refractivity contribution in [2.75, 3.05) is 13.1 Å². The summed E-state index contributed by atoms with van der Waals surface area (Å²) in [6.45, 7) is 3.93. The van der Waals surface area contributed by atoms with Gasteiger partial charge in [-0.1, -0.05) is 12.5 Å². The first kappa shape index (κ1) is 20.5. The molecule has 2 aliphatic rings. The van der Waals surface area contributed by atoms with Gasteiger partial charge < -0.3 is 4.90 Å². The summed E-state index contributed by atoms with van der Waals surface area (Å²) in [4.78, 5) is 35.0. The Balaban J connectivity index is 1.33. The first-order valence-electron chi connectivity index (χ1n) is 11.7. The summed E-state index contributed by atoms with van der Waals surface area (Å²) in [5, 5.41) is 9.33. The third-order valence-corrected chi connectivity index (χ3v) is 8.19. The van der Waals surface area contributed by atoms with Crippen molar-refractivity contribution in [3.8, 4) is 0 Å². The Labute approximate surface area is 194 Å². The Kier molecular flexibility index (Phi) is 5.01. The Bertz CT molecular complexity index is 1430. The fourth-order valence-electron chi connectivity index (χ4n) is 5.27. The monoisotopic (exact) mass is 462 g/mol. The van der Waals surface area contributed by atoms with E-state index in [1.165, 1.54) is 11.3 Å². The topological polar surface area (TPSA) is 85.4 Å². The molecule has 0 spiro atoms. The molecule has 6 heterocycles. The maximum Gasteiger partial charge on any atom is 0.264 e. The molecule has 4 aromatic heterocycles. The molecule has 0 bridgehead atoms. The van der Waals surface area contributed by atoms with Crippen LogP contribution in [0.25, 0.3) is 15.9 Å². The van der Waals surface area contributed by atoms with E-state index in [0.717, 1.165) is 67.9 Å². The molecule has 0 radical (unpaired) electrons. The zero-order chi connectivity index (χ0) is 22.5. The van der Waals surface area contributed by atoms with Gasteiger partial charge in [-0.2, -0.15) is 0 Å². The summed E-state index contributed by atoms with van der Waals surface area (Å²) in [7, 11) is 0. The summed E-state index contributed by atoms with van der Waals surface area (Å²) < 4.78 is 3.85. The normalized spacial score (nSPS) is 19.1. The van der Waals surface area contributed by atoms with E-state index in [-0.39, 0.29) is 17.4 Å². The highest BCUT2D eigenvalue weighted by Crippen LogP contribution is 2.32. The van der Waals surface area contributed by atoms with Crippen molar-refractivity contribution in [3.05, 3.63) is 56.8 Å². The zero-order valence-corrected chi connectivity index (χ0v) is 19.5. The van der Waals surface area contributed by atoms with Gasteiger partial charge in [-0.25, -0.2) is 4.98 Å². The van der Waals surface area contributed by atoms with Crippen LogP contribution in [0.15, 0.2) is 29.2 Å². The highest BCUT2D eigenvalue weighted by atomic mass is 32.1. The minimum absolute atomic E-state index is 0.00591. The summed E-state index contributed by atoms with van der Waals surface area (Å²) in [5.74, 6) is 1.89. The minimum atomic E-state index is -0.00591. The number of piperidine rings is 1. The Hall–Kier alpha value is -3.07. The second-order valence-corrected chi connectivity index (χ2v) is 10.1. The van der Waals surface area contributed by atoms with Crippen LogP contribution in [0.2, 0.25) is 0 Å². The van der Waals surface area contributed by atoms with Gasteiger partial charge in [0.25, 0.3) is 11.5 Å². The number of hydrogen-bond acceptors (Lipinski definition) is 6. The number of fused-ring (bicyclic) bond motifs is 3. The smallest absolute Gasteiger partial charge is 0.264 e. The van der Waals surface area contributed by atoms with Crippen molar-refractivity contribution < 1.29 is 4.79 Å². The molecule has 33 heavy (non-hydrogen) atoms. The van der Waals surface area contributed by atoms with Crippen LogP contribution < -0.4 is 5.56 Å². The Morgan fingerprint density at radius 2 is 2.03 bits per heavy atom. The maximum atomic E-state index is 13.6. The fourth-order valence-corrected chi connectivity index (χ4v) is 6.43. The van der Waals surface area contributed by atoms with Crippen LogP contribution >= 0.6 is 11.3 Å². The quantitative estimate of drug-likeness (QED) is 0.455. The lowest BCUT2D eigenvalue weighted by Gasteiger charge is -2.31. The number of aromatic nitrogens is 5. The average Bonchev–Trinajstić information content (AvgIpc) is 3.32. The molecule has 9 heteroatoms. The molecule has 1 amide bonds. The van der Waals surface area contributed by atoms with E-state index in [2.05, 4.69) is 10.2 Å². The molecule has 170 valence electrons. The summed E-state index contributed by atoms with van der Waals surface area (Å²) in [5.41, 5.74) is 1.60. The molecule has 2 aliphatic heterocycles. The minimum Gasteiger partial charge on any atom is -0.337 e. The number of hydrogen-bond donors (Lipinski definition) is 0. The van der Waals surface area contributed by atoms with Crippen LogP contribution in [-0.4, -0.2) is 48.0 Å². The lowest BCUT2D eigenvalue weighted by molar-refractivity contribution is 0.0708. The third-order valence-electron chi connectivity index (χ3n) is 7.02.